The number of nitrogens with zero attached hydrogens (tertiary/aromatic N) is 1. The van der Waals surface area contributed by atoms with Crippen LogP contribution in [0.2, 0.25) is 0 Å². The fraction of sp³-hybridized carbons (Fsp3) is 0.690. The van der Waals surface area contributed by atoms with Gasteiger partial charge in [-0.25, -0.2) is 0 Å². The largest absolute Gasteiger partial charge is 0.507 e. The highest BCUT2D eigenvalue weighted by Crippen LogP contribution is 2.68. The summed E-state index contributed by atoms with van der Waals surface area (Å²) in [5.74, 6) is 1.65. The molecule has 1 aromatic carbocycles. The molecule has 0 amide bonds. The van der Waals surface area contributed by atoms with Crippen LogP contribution in [0.15, 0.2) is 39.3 Å². The van der Waals surface area contributed by atoms with E-state index in [2.05, 4.69) is 40.8 Å². The van der Waals surface area contributed by atoms with Crippen molar-refractivity contribution < 1.29 is 19.7 Å². The Morgan fingerprint density at radius 2 is 1.86 bits per heavy atom. The van der Waals surface area contributed by atoms with E-state index in [1.165, 1.54) is 6.42 Å². The summed E-state index contributed by atoms with van der Waals surface area (Å²) in [6.07, 6.45) is 12.5. The number of hydrogen-bond acceptors (Lipinski definition) is 5. The number of phenolic OH excluding ortho intramolecular Hbond substituents is 1. The molecule has 0 radical (unpaired) electrons. The zero-order valence-corrected chi connectivity index (χ0v) is 22.5. The number of halogens is 1. The van der Waals surface area contributed by atoms with Gasteiger partial charge in [-0.3, -0.25) is 4.99 Å². The van der Waals surface area contributed by atoms with Gasteiger partial charge in [-0.15, -0.1) is 0 Å². The van der Waals surface area contributed by atoms with Gasteiger partial charge in [0.2, 0.25) is 0 Å². The number of aliphatic imine (C=N–C) groups is 1. The lowest BCUT2D eigenvalue weighted by Gasteiger charge is -2.59. The van der Waals surface area contributed by atoms with Crippen molar-refractivity contribution >= 4 is 22.1 Å². The van der Waals surface area contributed by atoms with Crippen LogP contribution in [0.5, 0.6) is 5.75 Å². The van der Waals surface area contributed by atoms with Gasteiger partial charge < -0.3 is 19.7 Å². The molecule has 190 valence electrons. The maximum absolute atomic E-state index is 11.9. The molecule has 1 aliphatic heterocycles. The molecule has 0 unspecified atom stereocenters. The molecule has 6 rings (SSSR count). The van der Waals surface area contributed by atoms with E-state index >= 15 is 0 Å². The van der Waals surface area contributed by atoms with E-state index in [1.54, 1.807) is 17.9 Å². The fourth-order valence-electron chi connectivity index (χ4n) is 8.64. The number of benzene rings is 1. The number of ether oxygens (including phenoxy) is 2. The van der Waals surface area contributed by atoms with Crippen LogP contribution in [0.25, 0.3) is 0 Å². The van der Waals surface area contributed by atoms with E-state index in [1.807, 2.05) is 12.1 Å². The lowest BCUT2D eigenvalue weighted by Crippen LogP contribution is -2.56. The van der Waals surface area contributed by atoms with Crippen molar-refractivity contribution in [3.8, 4) is 5.75 Å². The molecule has 0 aromatic heterocycles. The second-order valence-corrected chi connectivity index (χ2v) is 13.2. The molecule has 1 aromatic rings. The Labute approximate surface area is 217 Å². The number of aromatic hydroxyl groups is 1. The quantitative estimate of drug-likeness (QED) is 0.361. The Bertz CT molecular complexity index is 1060. The monoisotopic (exact) mass is 543 g/mol. The first-order valence-corrected chi connectivity index (χ1v) is 14.2. The summed E-state index contributed by atoms with van der Waals surface area (Å²) < 4.78 is 13.1. The Balaban J connectivity index is 1.21. The Hall–Kier alpha value is -1.21. The zero-order chi connectivity index (χ0) is 24.5. The lowest BCUT2D eigenvalue weighted by atomic mass is 9.46. The lowest BCUT2D eigenvalue weighted by molar-refractivity contribution is -0.187. The second-order valence-electron chi connectivity index (χ2n) is 12.2. The summed E-state index contributed by atoms with van der Waals surface area (Å²) in [5, 5.41) is 22.1. The molecule has 1 saturated heterocycles. The Kier molecular flexibility index (Phi) is 5.80. The van der Waals surface area contributed by atoms with E-state index in [0.29, 0.717) is 29.9 Å². The SMILES string of the molecule is C[C@]12CCC3(CC1=CC[C@H]1[C@H]4CC[C@@](O)(CN=Cc5cc(Br)ccc5O)[C@]4(C)CC[C@@H]12)OCCO3. The van der Waals surface area contributed by atoms with Gasteiger partial charge in [-0.05, 0) is 79.9 Å². The Morgan fingerprint density at radius 1 is 1.09 bits per heavy atom. The van der Waals surface area contributed by atoms with E-state index in [9.17, 15) is 10.2 Å². The van der Waals surface area contributed by atoms with E-state index in [0.717, 1.165) is 62.6 Å². The third kappa shape index (κ3) is 3.69. The van der Waals surface area contributed by atoms with Gasteiger partial charge in [-0.1, -0.05) is 41.4 Å². The molecule has 4 fully saturated rings. The molecule has 6 heteroatoms. The molecule has 35 heavy (non-hydrogen) atoms. The zero-order valence-electron chi connectivity index (χ0n) is 20.9. The van der Waals surface area contributed by atoms with Gasteiger partial charge in [0.05, 0.1) is 25.4 Å². The van der Waals surface area contributed by atoms with E-state index in [-0.39, 0.29) is 22.4 Å². The summed E-state index contributed by atoms with van der Waals surface area (Å²) in [4.78, 5) is 4.66. The molecule has 1 heterocycles. The van der Waals surface area contributed by atoms with Crippen LogP contribution in [0.1, 0.15) is 70.8 Å². The minimum absolute atomic E-state index is 0.125. The van der Waals surface area contributed by atoms with Crippen molar-refractivity contribution in [2.75, 3.05) is 19.8 Å². The van der Waals surface area contributed by atoms with Gasteiger partial charge in [0, 0.05) is 34.5 Å². The average Bonchev–Trinajstić information content (AvgIpc) is 3.39. The molecule has 5 nitrogen and oxygen atoms in total. The summed E-state index contributed by atoms with van der Waals surface area (Å²) >= 11 is 3.46. The second kappa shape index (κ2) is 8.41. The van der Waals surface area contributed by atoms with Crippen LogP contribution in [-0.4, -0.2) is 47.6 Å². The van der Waals surface area contributed by atoms with Crippen LogP contribution in [0.4, 0.5) is 0 Å². The topological polar surface area (TPSA) is 71.3 Å². The standard InChI is InChI=1S/C29H38BrNO4/c1-26-11-12-29(34-13-14-35-29)16-20(26)3-5-22-23(26)7-9-27(2)24(22)8-10-28(27,33)18-31-17-19-15-21(30)4-6-25(19)32/h3-4,6,15,17,22-24,32-33H,5,7-14,16,18H2,1-2H3/t22-,23+,24-,26+,27-,28-/m1/s1. The smallest absolute Gasteiger partial charge is 0.172 e. The van der Waals surface area contributed by atoms with Crippen molar-refractivity contribution in [3.05, 3.63) is 39.9 Å². The van der Waals surface area contributed by atoms with Gasteiger partial charge in [0.25, 0.3) is 0 Å². The van der Waals surface area contributed by atoms with Crippen LogP contribution in [-0.2, 0) is 9.47 Å². The Morgan fingerprint density at radius 3 is 2.66 bits per heavy atom. The maximum atomic E-state index is 11.9. The maximum Gasteiger partial charge on any atom is 0.172 e. The van der Waals surface area contributed by atoms with Crippen molar-refractivity contribution in [1.29, 1.82) is 0 Å². The van der Waals surface area contributed by atoms with Gasteiger partial charge in [0.1, 0.15) is 5.75 Å². The van der Waals surface area contributed by atoms with E-state index < -0.39 is 5.60 Å². The molecular weight excluding hydrogens is 506 g/mol. The molecule has 0 bridgehead atoms. The first-order valence-electron chi connectivity index (χ1n) is 13.4. The highest BCUT2D eigenvalue weighted by atomic mass is 79.9. The van der Waals surface area contributed by atoms with Crippen molar-refractivity contribution in [1.82, 2.24) is 0 Å². The summed E-state index contributed by atoms with van der Waals surface area (Å²) in [5.41, 5.74) is 1.53. The number of phenols is 1. The molecule has 1 spiro atoms. The number of aliphatic hydroxyl groups is 1. The minimum Gasteiger partial charge on any atom is -0.507 e. The first-order chi connectivity index (χ1) is 16.7. The average molecular weight is 545 g/mol. The normalized spacial score (nSPS) is 42.1. The van der Waals surface area contributed by atoms with Crippen LogP contribution in [0, 0.1) is 28.6 Å². The molecular formula is C29H38BrNO4. The number of rotatable bonds is 3. The van der Waals surface area contributed by atoms with E-state index in [4.69, 9.17) is 9.47 Å². The number of allylic oxidation sites excluding steroid dienone is 1. The van der Waals surface area contributed by atoms with Crippen LogP contribution >= 0.6 is 15.9 Å². The molecule has 6 atom stereocenters. The first kappa shape index (κ1) is 24.1. The van der Waals surface area contributed by atoms with Crippen LogP contribution in [0.3, 0.4) is 0 Å². The van der Waals surface area contributed by atoms with Crippen molar-refractivity contribution in [3.63, 3.8) is 0 Å². The molecule has 3 saturated carbocycles. The third-order valence-electron chi connectivity index (χ3n) is 10.8. The summed E-state index contributed by atoms with van der Waals surface area (Å²) in [6, 6.07) is 5.33. The predicted octanol–water partition coefficient (Wildman–Crippen LogP) is 6.01. The van der Waals surface area contributed by atoms with Crippen LogP contribution < -0.4 is 0 Å². The number of fused-ring (bicyclic) bond motifs is 5. The fourth-order valence-corrected chi connectivity index (χ4v) is 9.02. The van der Waals surface area contributed by atoms with Crippen molar-refractivity contribution in [2.45, 2.75) is 76.6 Å². The highest BCUT2D eigenvalue weighted by Gasteiger charge is 2.64. The van der Waals surface area contributed by atoms with Gasteiger partial charge in [-0.2, -0.15) is 0 Å². The third-order valence-corrected chi connectivity index (χ3v) is 11.3. The summed E-state index contributed by atoms with van der Waals surface area (Å²) in [6.45, 7) is 6.65. The highest BCUT2D eigenvalue weighted by molar-refractivity contribution is 9.10. The molecule has 5 aliphatic rings. The van der Waals surface area contributed by atoms with Gasteiger partial charge >= 0.3 is 0 Å². The minimum atomic E-state index is -0.798. The van der Waals surface area contributed by atoms with Gasteiger partial charge in [0.15, 0.2) is 5.79 Å². The number of hydrogen-bond donors (Lipinski definition) is 2. The van der Waals surface area contributed by atoms with Crippen molar-refractivity contribution in [2.24, 2.45) is 33.6 Å². The molecule has 2 N–H and O–H groups in total. The predicted molar refractivity (Wildman–Crippen MR) is 140 cm³/mol. The summed E-state index contributed by atoms with van der Waals surface area (Å²) in [7, 11) is 0. The molecule has 4 aliphatic carbocycles.